The maximum atomic E-state index is 12.6. The Morgan fingerprint density at radius 2 is 1.90 bits per heavy atom. The van der Waals surface area contributed by atoms with Gasteiger partial charge >= 0.3 is 0 Å². The van der Waals surface area contributed by atoms with Crippen LogP contribution < -0.4 is 5.32 Å². The molecule has 0 radical (unpaired) electrons. The standard InChI is InChI=1S/C23H22N2O3S/c1-16(17-6-3-2-4-7-17)24-22(27)18-9-11-19(12-10-18)23-25(21(26)15-29-23)14-20-8-5-13-28-20/h2-13,16,23H,14-15H2,1H3,(H,24,27)/t16-,23-/m0/s1. The number of benzene rings is 2. The van der Waals surface area contributed by atoms with Crippen molar-refractivity contribution < 1.29 is 14.0 Å². The van der Waals surface area contributed by atoms with E-state index in [2.05, 4.69) is 5.32 Å². The van der Waals surface area contributed by atoms with Crippen molar-refractivity contribution in [2.45, 2.75) is 24.9 Å². The number of carbonyl (C=O) groups is 2. The van der Waals surface area contributed by atoms with Crippen LogP contribution in [0.1, 0.15) is 45.6 Å². The van der Waals surface area contributed by atoms with E-state index in [1.165, 1.54) is 0 Å². The van der Waals surface area contributed by atoms with Gasteiger partial charge in [0.2, 0.25) is 5.91 Å². The molecule has 0 unspecified atom stereocenters. The first kappa shape index (κ1) is 19.3. The molecule has 2 aromatic carbocycles. The fourth-order valence-electron chi connectivity index (χ4n) is 3.38. The molecule has 29 heavy (non-hydrogen) atoms. The van der Waals surface area contributed by atoms with E-state index in [0.717, 1.165) is 16.9 Å². The van der Waals surface area contributed by atoms with Gasteiger partial charge in [-0.1, -0.05) is 42.5 Å². The maximum absolute atomic E-state index is 12.6. The van der Waals surface area contributed by atoms with Gasteiger partial charge in [-0.15, -0.1) is 11.8 Å². The lowest BCUT2D eigenvalue weighted by Gasteiger charge is -2.23. The summed E-state index contributed by atoms with van der Waals surface area (Å²) in [6.45, 7) is 2.41. The lowest BCUT2D eigenvalue weighted by Crippen LogP contribution is -2.28. The highest BCUT2D eigenvalue weighted by Gasteiger charge is 2.33. The normalized spacial score (nSPS) is 17.3. The third kappa shape index (κ3) is 4.38. The number of carbonyl (C=O) groups excluding carboxylic acids is 2. The molecule has 2 atom stereocenters. The summed E-state index contributed by atoms with van der Waals surface area (Å²) in [6, 6.07) is 21.0. The molecule has 0 bridgehead atoms. The third-order valence-corrected chi connectivity index (χ3v) is 6.24. The van der Waals surface area contributed by atoms with Gasteiger partial charge in [-0.05, 0) is 42.3 Å². The highest BCUT2D eigenvalue weighted by molar-refractivity contribution is 8.00. The molecule has 2 amide bonds. The average molecular weight is 407 g/mol. The number of rotatable bonds is 6. The molecule has 5 nitrogen and oxygen atoms in total. The SMILES string of the molecule is C[C@H](NC(=O)c1ccc([C@@H]2SCC(=O)N2Cc2ccco2)cc1)c1ccccc1. The molecular formula is C23H22N2O3S. The first-order valence-electron chi connectivity index (χ1n) is 9.51. The molecule has 1 aromatic heterocycles. The van der Waals surface area contributed by atoms with Crippen LogP contribution in [-0.4, -0.2) is 22.5 Å². The van der Waals surface area contributed by atoms with Crippen LogP contribution in [0.15, 0.2) is 77.4 Å². The summed E-state index contributed by atoms with van der Waals surface area (Å²) in [4.78, 5) is 26.7. The van der Waals surface area contributed by atoms with E-state index in [-0.39, 0.29) is 23.2 Å². The van der Waals surface area contributed by atoms with Crippen molar-refractivity contribution in [1.29, 1.82) is 0 Å². The van der Waals surface area contributed by atoms with Crippen molar-refractivity contribution in [2.24, 2.45) is 0 Å². The molecule has 1 aliphatic heterocycles. The minimum absolute atomic E-state index is 0.0739. The van der Waals surface area contributed by atoms with Gasteiger partial charge in [0.25, 0.3) is 5.91 Å². The minimum Gasteiger partial charge on any atom is -0.467 e. The van der Waals surface area contributed by atoms with Gasteiger partial charge in [0.1, 0.15) is 11.1 Å². The first-order chi connectivity index (χ1) is 14.1. The molecule has 1 N–H and O–H groups in total. The van der Waals surface area contributed by atoms with Crippen LogP contribution in [0.3, 0.4) is 0 Å². The van der Waals surface area contributed by atoms with E-state index in [9.17, 15) is 9.59 Å². The molecule has 3 aromatic rings. The molecule has 1 aliphatic rings. The van der Waals surface area contributed by atoms with Gasteiger partial charge in [0.05, 0.1) is 24.6 Å². The zero-order chi connectivity index (χ0) is 20.2. The predicted octanol–water partition coefficient (Wildman–Crippen LogP) is 4.54. The molecule has 1 fully saturated rings. The number of hydrogen-bond acceptors (Lipinski definition) is 4. The molecule has 2 heterocycles. The van der Waals surface area contributed by atoms with Crippen molar-refractivity contribution >= 4 is 23.6 Å². The van der Waals surface area contributed by atoms with Gasteiger partial charge in [0, 0.05) is 5.56 Å². The van der Waals surface area contributed by atoms with Crippen molar-refractivity contribution in [2.75, 3.05) is 5.75 Å². The lowest BCUT2D eigenvalue weighted by molar-refractivity contribution is -0.128. The number of amides is 2. The van der Waals surface area contributed by atoms with Crippen LogP contribution in [-0.2, 0) is 11.3 Å². The van der Waals surface area contributed by atoms with E-state index < -0.39 is 0 Å². The van der Waals surface area contributed by atoms with E-state index in [0.29, 0.717) is 17.9 Å². The Bertz CT molecular complexity index is 971. The topological polar surface area (TPSA) is 62.6 Å². The Kier molecular flexibility index (Phi) is 5.71. The monoisotopic (exact) mass is 406 g/mol. The van der Waals surface area contributed by atoms with Gasteiger partial charge in [-0.25, -0.2) is 0 Å². The number of nitrogens with zero attached hydrogens (tertiary/aromatic N) is 1. The Labute approximate surface area is 174 Å². The van der Waals surface area contributed by atoms with Crippen LogP contribution in [0.4, 0.5) is 0 Å². The molecular weight excluding hydrogens is 384 g/mol. The summed E-state index contributed by atoms with van der Waals surface area (Å²) in [5, 5.41) is 2.95. The molecule has 6 heteroatoms. The summed E-state index contributed by atoms with van der Waals surface area (Å²) >= 11 is 1.59. The number of furan rings is 1. The zero-order valence-corrected chi connectivity index (χ0v) is 16.9. The van der Waals surface area contributed by atoms with Gasteiger partial charge in [-0.3, -0.25) is 9.59 Å². The Balaban J connectivity index is 1.44. The van der Waals surface area contributed by atoms with Crippen LogP contribution in [0.2, 0.25) is 0 Å². The predicted molar refractivity (Wildman–Crippen MR) is 113 cm³/mol. The average Bonchev–Trinajstić information content (AvgIpc) is 3.39. The fraction of sp³-hybridized carbons (Fsp3) is 0.217. The second-order valence-electron chi connectivity index (χ2n) is 6.99. The van der Waals surface area contributed by atoms with Crippen molar-refractivity contribution in [3.63, 3.8) is 0 Å². The molecule has 148 valence electrons. The minimum atomic E-state index is -0.115. The summed E-state index contributed by atoms with van der Waals surface area (Å²) < 4.78 is 5.40. The molecule has 0 aliphatic carbocycles. The Morgan fingerprint density at radius 1 is 1.14 bits per heavy atom. The third-order valence-electron chi connectivity index (χ3n) is 4.98. The summed E-state index contributed by atoms with van der Waals surface area (Å²) in [7, 11) is 0. The molecule has 1 saturated heterocycles. The van der Waals surface area contributed by atoms with Crippen LogP contribution >= 0.6 is 11.8 Å². The molecule has 4 rings (SSSR count). The fourth-order valence-corrected chi connectivity index (χ4v) is 4.56. The second kappa shape index (κ2) is 8.57. The second-order valence-corrected chi connectivity index (χ2v) is 8.06. The highest BCUT2D eigenvalue weighted by Crippen LogP contribution is 2.39. The Morgan fingerprint density at radius 3 is 2.59 bits per heavy atom. The quantitative estimate of drug-likeness (QED) is 0.653. The summed E-state index contributed by atoms with van der Waals surface area (Å²) in [5.74, 6) is 1.18. The van der Waals surface area contributed by atoms with Crippen LogP contribution in [0.25, 0.3) is 0 Å². The van der Waals surface area contributed by atoms with E-state index in [4.69, 9.17) is 4.42 Å². The molecule has 0 spiro atoms. The number of hydrogen-bond donors (Lipinski definition) is 1. The largest absolute Gasteiger partial charge is 0.467 e. The maximum Gasteiger partial charge on any atom is 0.251 e. The Hall–Kier alpha value is -2.99. The van der Waals surface area contributed by atoms with Crippen molar-refractivity contribution in [3.8, 4) is 0 Å². The number of thioether (sulfide) groups is 1. The van der Waals surface area contributed by atoms with Gasteiger partial charge in [0.15, 0.2) is 0 Å². The van der Waals surface area contributed by atoms with Crippen molar-refractivity contribution in [1.82, 2.24) is 10.2 Å². The van der Waals surface area contributed by atoms with Crippen LogP contribution in [0.5, 0.6) is 0 Å². The van der Waals surface area contributed by atoms with E-state index in [1.54, 1.807) is 18.0 Å². The lowest BCUT2D eigenvalue weighted by atomic mass is 10.1. The van der Waals surface area contributed by atoms with Gasteiger partial charge in [-0.2, -0.15) is 0 Å². The van der Waals surface area contributed by atoms with Gasteiger partial charge < -0.3 is 14.6 Å². The summed E-state index contributed by atoms with van der Waals surface area (Å²) in [5.41, 5.74) is 2.66. The van der Waals surface area contributed by atoms with Crippen LogP contribution in [0, 0.1) is 0 Å². The zero-order valence-electron chi connectivity index (χ0n) is 16.1. The highest BCUT2D eigenvalue weighted by atomic mass is 32.2. The van der Waals surface area contributed by atoms with Crippen molar-refractivity contribution in [3.05, 3.63) is 95.4 Å². The molecule has 0 saturated carbocycles. The first-order valence-corrected chi connectivity index (χ1v) is 10.6. The number of nitrogens with one attached hydrogen (secondary N) is 1. The summed E-state index contributed by atoms with van der Waals surface area (Å²) in [6.07, 6.45) is 1.61. The van der Waals surface area contributed by atoms with E-state index in [1.807, 2.05) is 78.6 Å². The smallest absolute Gasteiger partial charge is 0.251 e. The van der Waals surface area contributed by atoms with E-state index >= 15 is 0 Å².